The fourth-order valence-corrected chi connectivity index (χ4v) is 4.59. The van der Waals surface area contributed by atoms with E-state index in [2.05, 4.69) is 17.1 Å². The quantitative estimate of drug-likeness (QED) is 0.461. The van der Waals surface area contributed by atoms with Crippen molar-refractivity contribution in [3.05, 3.63) is 101 Å². The van der Waals surface area contributed by atoms with Crippen molar-refractivity contribution in [1.29, 1.82) is 0 Å². The van der Waals surface area contributed by atoms with Gasteiger partial charge in [0.1, 0.15) is 0 Å². The van der Waals surface area contributed by atoms with Gasteiger partial charge in [0.15, 0.2) is 11.5 Å². The second-order valence-electron chi connectivity index (χ2n) is 7.85. The van der Waals surface area contributed by atoms with Crippen LogP contribution in [0.4, 0.5) is 0 Å². The van der Waals surface area contributed by atoms with Crippen molar-refractivity contribution in [3.8, 4) is 11.5 Å². The highest BCUT2D eigenvalue weighted by molar-refractivity contribution is 6.05. The van der Waals surface area contributed by atoms with Crippen molar-refractivity contribution in [2.45, 2.75) is 12.5 Å². The van der Waals surface area contributed by atoms with Crippen LogP contribution in [0, 0.1) is 0 Å². The van der Waals surface area contributed by atoms with E-state index in [9.17, 15) is 4.79 Å². The number of para-hydroxylation sites is 1. The van der Waals surface area contributed by atoms with Crippen molar-refractivity contribution in [2.75, 3.05) is 20.8 Å². The summed E-state index contributed by atoms with van der Waals surface area (Å²) < 4.78 is 11.1. The van der Waals surface area contributed by atoms with E-state index in [-0.39, 0.29) is 11.9 Å². The Hall–Kier alpha value is -3.86. The number of rotatable bonds is 4. The molecular formula is C27H24N2O3. The molecule has 1 atom stereocenters. The number of ether oxygens (including phenoxy) is 2. The first-order valence-electron chi connectivity index (χ1n) is 10.7. The molecular weight excluding hydrogens is 400 g/mol. The first-order chi connectivity index (χ1) is 15.7. The number of aromatic nitrogens is 1. The molecule has 0 saturated heterocycles. The summed E-state index contributed by atoms with van der Waals surface area (Å²) in [5.41, 5.74) is 4.62. The van der Waals surface area contributed by atoms with Gasteiger partial charge in [-0.25, -0.2) is 0 Å². The number of amides is 1. The van der Waals surface area contributed by atoms with Crippen LogP contribution in [0.2, 0.25) is 0 Å². The van der Waals surface area contributed by atoms with E-state index in [4.69, 9.17) is 9.47 Å². The summed E-state index contributed by atoms with van der Waals surface area (Å²) in [4.78, 5) is 20.4. The molecule has 0 saturated carbocycles. The number of carbonyl (C=O) groups excluding carboxylic acids is 1. The molecule has 0 spiro atoms. The van der Waals surface area contributed by atoms with E-state index in [1.54, 1.807) is 20.4 Å². The molecule has 1 amide bonds. The Balaban J connectivity index is 1.66. The maximum Gasteiger partial charge on any atom is 0.256 e. The molecule has 1 aliphatic rings. The van der Waals surface area contributed by atoms with Gasteiger partial charge in [-0.2, -0.15) is 0 Å². The highest BCUT2D eigenvalue weighted by atomic mass is 16.5. The van der Waals surface area contributed by atoms with Crippen LogP contribution < -0.4 is 9.47 Å². The molecule has 5 nitrogen and oxygen atoms in total. The summed E-state index contributed by atoms with van der Waals surface area (Å²) in [5.74, 6) is 1.34. The maximum atomic E-state index is 13.9. The van der Waals surface area contributed by atoms with E-state index in [1.165, 1.54) is 0 Å². The highest BCUT2D eigenvalue weighted by Crippen LogP contribution is 2.41. The number of nitrogens with zero attached hydrogens (tertiary/aromatic N) is 2. The molecule has 2 heterocycles. The zero-order valence-electron chi connectivity index (χ0n) is 18.1. The van der Waals surface area contributed by atoms with Gasteiger partial charge >= 0.3 is 0 Å². The molecule has 1 unspecified atom stereocenters. The lowest BCUT2D eigenvalue weighted by molar-refractivity contribution is 0.0696. The largest absolute Gasteiger partial charge is 0.493 e. The average molecular weight is 425 g/mol. The van der Waals surface area contributed by atoms with Crippen molar-refractivity contribution in [2.24, 2.45) is 0 Å². The van der Waals surface area contributed by atoms with E-state index in [0.29, 0.717) is 23.6 Å². The van der Waals surface area contributed by atoms with Crippen LogP contribution in [-0.4, -0.2) is 36.6 Å². The molecule has 3 aromatic carbocycles. The average Bonchev–Trinajstić information content (AvgIpc) is 2.86. The lowest BCUT2D eigenvalue weighted by atomic mass is 9.87. The van der Waals surface area contributed by atoms with Crippen LogP contribution in [0.25, 0.3) is 10.9 Å². The normalized spacial score (nSPS) is 15.3. The molecule has 5 heteroatoms. The smallest absolute Gasteiger partial charge is 0.256 e. The third-order valence-corrected chi connectivity index (χ3v) is 6.11. The fourth-order valence-electron chi connectivity index (χ4n) is 4.59. The Labute approximate surface area is 187 Å². The molecule has 1 aliphatic heterocycles. The van der Waals surface area contributed by atoms with Crippen molar-refractivity contribution < 1.29 is 14.3 Å². The van der Waals surface area contributed by atoms with Gasteiger partial charge in [-0.15, -0.1) is 0 Å². The summed E-state index contributed by atoms with van der Waals surface area (Å²) in [5, 5.41) is 0.957. The van der Waals surface area contributed by atoms with Crippen LogP contribution in [0.5, 0.6) is 11.5 Å². The molecule has 0 bridgehead atoms. The number of methoxy groups -OCH3 is 2. The van der Waals surface area contributed by atoms with Crippen LogP contribution in [0.1, 0.15) is 33.1 Å². The second kappa shape index (κ2) is 8.35. The Bertz CT molecular complexity index is 1280. The lowest BCUT2D eigenvalue weighted by Gasteiger charge is -2.38. The SMILES string of the molecule is COc1cc2c(cc1OC)C(c1ccccc1)N(C(=O)c1cccc3cccnc13)CC2. The monoisotopic (exact) mass is 424 g/mol. The third-order valence-electron chi connectivity index (χ3n) is 6.11. The van der Waals surface area contributed by atoms with Gasteiger partial charge in [-0.1, -0.05) is 48.5 Å². The number of benzene rings is 3. The minimum absolute atomic E-state index is 0.0245. The van der Waals surface area contributed by atoms with Crippen LogP contribution in [0.3, 0.4) is 0 Å². The first kappa shape index (κ1) is 20.1. The maximum absolute atomic E-state index is 13.9. The Morgan fingerprint density at radius 1 is 0.938 bits per heavy atom. The Kier molecular flexibility index (Phi) is 5.23. The van der Waals surface area contributed by atoms with Crippen LogP contribution in [0.15, 0.2) is 79.0 Å². The van der Waals surface area contributed by atoms with Gasteiger partial charge in [-0.3, -0.25) is 9.78 Å². The summed E-state index contributed by atoms with van der Waals surface area (Å²) in [7, 11) is 3.28. The molecule has 0 N–H and O–H groups in total. The van der Waals surface area contributed by atoms with Crippen molar-refractivity contribution >= 4 is 16.8 Å². The molecule has 0 aliphatic carbocycles. The predicted octanol–water partition coefficient (Wildman–Crippen LogP) is 5.04. The molecule has 4 aromatic rings. The number of carbonyl (C=O) groups is 1. The summed E-state index contributed by atoms with van der Waals surface area (Å²) in [6, 6.07) is 23.6. The second-order valence-corrected chi connectivity index (χ2v) is 7.85. The fraction of sp³-hybridized carbons (Fsp3) is 0.185. The molecule has 160 valence electrons. The van der Waals surface area contributed by atoms with Gasteiger partial charge in [0.05, 0.1) is 31.3 Å². The zero-order chi connectivity index (χ0) is 22.1. The Morgan fingerprint density at radius 3 is 2.47 bits per heavy atom. The van der Waals surface area contributed by atoms with E-state index in [1.807, 2.05) is 65.6 Å². The predicted molar refractivity (Wildman–Crippen MR) is 124 cm³/mol. The summed E-state index contributed by atoms with van der Waals surface area (Å²) in [6.45, 7) is 0.601. The van der Waals surface area contributed by atoms with Crippen LogP contribution in [-0.2, 0) is 6.42 Å². The van der Waals surface area contributed by atoms with Crippen LogP contribution >= 0.6 is 0 Å². The summed E-state index contributed by atoms with van der Waals surface area (Å²) in [6.07, 6.45) is 2.47. The highest BCUT2D eigenvalue weighted by Gasteiger charge is 2.34. The number of pyridine rings is 1. The standard InChI is InChI=1S/C27H24N2O3/c1-31-23-16-20-13-15-29(27(30)21-12-6-10-18-11-7-14-28-25(18)21)26(19-8-4-3-5-9-19)22(20)17-24(23)32-2/h3-12,14,16-17,26H,13,15H2,1-2H3. The minimum Gasteiger partial charge on any atom is -0.493 e. The van der Waals surface area contributed by atoms with Gasteiger partial charge in [0.2, 0.25) is 0 Å². The lowest BCUT2D eigenvalue weighted by Crippen LogP contribution is -2.40. The van der Waals surface area contributed by atoms with Gasteiger partial charge in [-0.05, 0) is 47.4 Å². The molecule has 0 fully saturated rings. The number of hydrogen-bond acceptors (Lipinski definition) is 4. The zero-order valence-corrected chi connectivity index (χ0v) is 18.1. The topological polar surface area (TPSA) is 51.7 Å². The first-order valence-corrected chi connectivity index (χ1v) is 10.7. The van der Waals surface area contributed by atoms with Crippen molar-refractivity contribution in [1.82, 2.24) is 9.88 Å². The van der Waals surface area contributed by atoms with Gasteiger partial charge in [0, 0.05) is 18.1 Å². The van der Waals surface area contributed by atoms with E-state index >= 15 is 0 Å². The number of fused-ring (bicyclic) bond motifs is 2. The number of hydrogen-bond donors (Lipinski definition) is 0. The van der Waals surface area contributed by atoms with E-state index in [0.717, 1.165) is 34.0 Å². The molecule has 0 radical (unpaired) electrons. The third kappa shape index (κ3) is 3.36. The molecule has 32 heavy (non-hydrogen) atoms. The Morgan fingerprint density at radius 2 is 1.69 bits per heavy atom. The van der Waals surface area contributed by atoms with Gasteiger partial charge < -0.3 is 14.4 Å². The van der Waals surface area contributed by atoms with Gasteiger partial charge in [0.25, 0.3) is 5.91 Å². The minimum atomic E-state index is -0.230. The summed E-state index contributed by atoms with van der Waals surface area (Å²) >= 11 is 0. The molecule has 5 rings (SSSR count). The van der Waals surface area contributed by atoms with Crippen molar-refractivity contribution in [3.63, 3.8) is 0 Å². The van der Waals surface area contributed by atoms with E-state index < -0.39 is 0 Å². The molecule has 1 aromatic heterocycles.